The second kappa shape index (κ2) is 8.01. The Bertz CT molecular complexity index is 1020. The van der Waals surface area contributed by atoms with E-state index in [1.807, 2.05) is 22.4 Å². The van der Waals surface area contributed by atoms with Crippen LogP contribution in [0.15, 0.2) is 60.0 Å². The second-order valence-electron chi connectivity index (χ2n) is 7.72. The smallest absolute Gasteiger partial charge is 0.264 e. The zero-order valence-electron chi connectivity index (χ0n) is 16.3. The Morgan fingerprint density at radius 1 is 0.966 bits per heavy atom. The van der Waals surface area contributed by atoms with E-state index in [0.29, 0.717) is 19.7 Å². The van der Waals surface area contributed by atoms with Crippen LogP contribution in [0.1, 0.15) is 31.9 Å². The van der Waals surface area contributed by atoms with E-state index in [2.05, 4.69) is 47.4 Å². The van der Waals surface area contributed by atoms with Crippen molar-refractivity contribution in [2.24, 2.45) is 0 Å². The van der Waals surface area contributed by atoms with Gasteiger partial charge in [-0.25, -0.2) is 0 Å². The van der Waals surface area contributed by atoms with Crippen LogP contribution < -0.4 is 4.74 Å². The summed E-state index contributed by atoms with van der Waals surface area (Å²) in [6.45, 7) is 4.74. The van der Waals surface area contributed by atoms with Gasteiger partial charge in [-0.3, -0.25) is 9.69 Å². The molecule has 1 aromatic heterocycles. The molecule has 3 heterocycles. The second-order valence-corrected chi connectivity index (χ2v) is 8.67. The van der Waals surface area contributed by atoms with Crippen molar-refractivity contribution in [1.29, 1.82) is 0 Å². The van der Waals surface area contributed by atoms with Gasteiger partial charge in [0, 0.05) is 31.7 Å². The standard InChI is InChI=1S/C24H24N2O2S/c27-24(23-6-3-13-29-23)26-11-12-28-22-8-7-18(14-21(22)17-26)15-25-10-9-19-4-1-2-5-20(19)16-25/h1-8,13-14H,9-12,15-17H2. The first-order chi connectivity index (χ1) is 14.3. The number of benzene rings is 2. The lowest BCUT2D eigenvalue weighted by Gasteiger charge is -2.29. The summed E-state index contributed by atoms with van der Waals surface area (Å²) in [5.41, 5.74) is 5.28. The molecule has 0 aliphatic carbocycles. The third kappa shape index (κ3) is 3.93. The summed E-state index contributed by atoms with van der Waals surface area (Å²) >= 11 is 1.49. The van der Waals surface area contributed by atoms with Crippen molar-refractivity contribution < 1.29 is 9.53 Å². The summed E-state index contributed by atoms with van der Waals surface area (Å²) in [6, 6.07) is 19.0. The van der Waals surface area contributed by atoms with E-state index < -0.39 is 0 Å². The molecule has 1 amide bonds. The molecule has 0 saturated carbocycles. The molecule has 0 atom stereocenters. The fourth-order valence-corrected chi connectivity index (χ4v) is 4.91. The summed E-state index contributed by atoms with van der Waals surface area (Å²) in [5.74, 6) is 0.994. The van der Waals surface area contributed by atoms with Gasteiger partial charge >= 0.3 is 0 Å². The summed E-state index contributed by atoms with van der Waals surface area (Å²) < 4.78 is 5.93. The first-order valence-corrected chi connectivity index (χ1v) is 11.0. The van der Waals surface area contributed by atoms with Gasteiger partial charge < -0.3 is 9.64 Å². The van der Waals surface area contributed by atoms with E-state index in [4.69, 9.17) is 4.74 Å². The van der Waals surface area contributed by atoms with Gasteiger partial charge in [0.25, 0.3) is 5.91 Å². The molecule has 148 valence electrons. The van der Waals surface area contributed by atoms with Crippen molar-refractivity contribution in [3.8, 4) is 5.75 Å². The lowest BCUT2D eigenvalue weighted by Crippen LogP contribution is -2.32. The van der Waals surface area contributed by atoms with Crippen molar-refractivity contribution in [3.63, 3.8) is 0 Å². The normalized spacial score (nSPS) is 16.5. The Balaban J connectivity index is 1.32. The maximum Gasteiger partial charge on any atom is 0.264 e. The minimum Gasteiger partial charge on any atom is -0.491 e. The van der Waals surface area contributed by atoms with Crippen molar-refractivity contribution in [3.05, 3.63) is 87.1 Å². The maximum atomic E-state index is 12.8. The highest BCUT2D eigenvalue weighted by Crippen LogP contribution is 2.27. The Morgan fingerprint density at radius 2 is 1.86 bits per heavy atom. The molecule has 0 bridgehead atoms. The molecular formula is C24H24N2O2S. The van der Waals surface area contributed by atoms with Crippen molar-refractivity contribution in [2.75, 3.05) is 19.7 Å². The van der Waals surface area contributed by atoms with Crippen LogP contribution in [0.5, 0.6) is 5.75 Å². The Kier molecular flexibility index (Phi) is 5.08. The Labute approximate surface area is 175 Å². The van der Waals surface area contributed by atoms with Gasteiger partial charge in [0.2, 0.25) is 0 Å². The quantitative estimate of drug-likeness (QED) is 0.651. The molecule has 29 heavy (non-hydrogen) atoms. The number of nitrogens with zero attached hydrogens (tertiary/aromatic N) is 2. The lowest BCUT2D eigenvalue weighted by molar-refractivity contribution is 0.0738. The highest BCUT2D eigenvalue weighted by atomic mass is 32.1. The van der Waals surface area contributed by atoms with Crippen LogP contribution in [0.3, 0.4) is 0 Å². The van der Waals surface area contributed by atoms with Crippen molar-refractivity contribution in [1.82, 2.24) is 9.80 Å². The van der Waals surface area contributed by atoms with Gasteiger partial charge in [0.15, 0.2) is 0 Å². The van der Waals surface area contributed by atoms with Crippen LogP contribution in [-0.2, 0) is 26.1 Å². The zero-order chi connectivity index (χ0) is 19.6. The number of thiophene rings is 1. The molecule has 5 heteroatoms. The molecule has 0 N–H and O–H groups in total. The number of ether oxygens (including phenoxy) is 1. The number of fused-ring (bicyclic) bond motifs is 2. The van der Waals surface area contributed by atoms with Crippen molar-refractivity contribution >= 4 is 17.2 Å². The maximum absolute atomic E-state index is 12.8. The lowest BCUT2D eigenvalue weighted by atomic mass is 9.99. The zero-order valence-corrected chi connectivity index (χ0v) is 17.2. The SMILES string of the molecule is O=C(c1cccs1)N1CCOc2ccc(CN3CCc4ccccc4C3)cc2C1. The highest BCUT2D eigenvalue weighted by Gasteiger charge is 2.22. The predicted molar refractivity (Wildman–Crippen MR) is 115 cm³/mol. The number of rotatable bonds is 3. The fourth-order valence-electron chi connectivity index (χ4n) is 4.22. The van der Waals surface area contributed by atoms with Gasteiger partial charge in [-0.15, -0.1) is 11.3 Å². The molecule has 0 saturated heterocycles. The van der Waals surface area contributed by atoms with Crippen LogP contribution >= 0.6 is 11.3 Å². The van der Waals surface area contributed by atoms with E-state index in [1.54, 1.807) is 0 Å². The number of carbonyl (C=O) groups is 1. The van der Waals surface area contributed by atoms with Gasteiger partial charge in [0.1, 0.15) is 12.4 Å². The van der Waals surface area contributed by atoms with Gasteiger partial charge in [-0.2, -0.15) is 0 Å². The molecular weight excluding hydrogens is 380 g/mol. The monoisotopic (exact) mass is 404 g/mol. The van der Waals surface area contributed by atoms with Gasteiger partial charge in [-0.1, -0.05) is 36.4 Å². The van der Waals surface area contributed by atoms with Crippen LogP contribution in [0, 0.1) is 0 Å². The molecule has 2 aliphatic rings. The molecule has 4 nitrogen and oxygen atoms in total. The van der Waals surface area contributed by atoms with E-state index >= 15 is 0 Å². The summed E-state index contributed by atoms with van der Waals surface area (Å²) in [5, 5.41) is 1.95. The van der Waals surface area contributed by atoms with Crippen LogP contribution in [0.25, 0.3) is 0 Å². The molecule has 3 aromatic rings. The molecule has 2 aromatic carbocycles. The summed E-state index contributed by atoms with van der Waals surface area (Å²) in [6.07, 6.45) is 1.10. The van der Waals surface area contributed by atoms with Gasteiger partial charge in [-0.05, 0) is 46.7 Å². The molecule has 2 aliphatic heterocycles. The number of carbonyl (C=O) groups excluding carboxylic acids is 1. The van der Waals surface area contributed by atoms with Gasteiger partial charge in [0.05, 0.1) is 11.4 Å². The number of amides is 1. The highest BCUT2D eigenvalue weighted by molar-refractivity contribution is 7.12. The summed E-state index contributed by atoms with van der Waals surface area (Å²) in [4.78, 5) is 18.0. The molecule has 0 radical (unpaired) electrons. The third-order valence-electron chi connectivity index (χ3n) is 5.74. The Morgan fingerprint density at radius 3 is 2.72 bits per heavy atom. The summed E-state index contributed by atoms with van der Waals surface area (Å²) in [7, 11) is 0. The van der Waals surface area contributed by atoms with E-state index in [-0.39, 0.29) is 5.91 Å². The average Bonchev–Trinajstić information content (AvgIpc) is 3.20. The molecule has 0 unspecified atom stereocenters. The largest absolute Gasteiger partial charge is 0.491 e. The van der Waals surface area contributed by atoms with Crippen LogP contribution in [0.4, 0.5) is 0 Å². The first-order valence-electron chi connectivity index (χ1n) is 10.1. The molecule has 5 rings (SSSR count). The first kappa shape index (κ1) is 18.4. The fraction of sp³-hybridized carbons (Fsp3) is 0.292. The minimum atomic E-state index is 0.0921. The number of hydrogen-bond acceptors (Lipinski definition) is 4. The Hall–Kier alpha value is -2.63. The van der Waals surface area contributed by atoms with Crippen LogP contribution in [-0.4, -0.2) is 35.4 Å². The predicted octanol–water partition coefficient (Wildman–Crippen LogP) is 4.34. The number of hydrogen-bond donors (Lipinski definition) is 0. The van der Waals surface area contributed by atoms with E-state index in [9.17, 15) is 4.79 Å². The van der Waals surface area contributed by atoms with E-state index in [0.717, 1.165) is 42.2 Å². The minimum absolute atomic E-state index is 0.0921. The average molecular weight is 405 g/mol. The molecule has 0 fully saturated rings. The topological polar surface area (TPSA) is 32.8 Å². The third-order valence-corrected chi connectivity index (χ3v) is 6.60. The molecule has 0 spiro atoms. The van der Waals surface area contributed by atoms with Crippen molar-refractivity contribution in [2.45, 2.75) is 26.1 Å². The van der Waals surface area contributed by atoms with E-state index in [1.165, 1.54) is 28.0 Å². The van der Waals surface area contributed by atoms with Crippen LogP contribution in [0.2, 0.25) is 0 Å².